The molecule has 2 rings (SSSR count). The largest absolute Gasteiger partial charge is 0.451 e. The number of fused-ring (bicyclic) bond motifs is 1. The maximum atomic E-state index is 12.0. The maximum absolute atomic E-state index is 12.0. The first kappa shape index (κ1) is 16.8. The average Bonchev–Trinajstić information content (AvgIpc) is 2.72. The van der Waals surface area contributed by atoms with E-state index in [-0.39, 0.29) is 18.3 Å². The number of amides is 1. The Morgan fingerprint density at radius 3 is 2.80 bits per heavy atom. The highest BCUT2D eigenvalue weighted by Gasteiger charge is 2.17. The molecule has 0 aliphatic heterocycles. The second kappa shape index (κ2) is 7.53. The zero-order valence-corrected chi connectivity index (χ0v) is 13.0. The molecule has 20 heavy (non-hydrogen) atoms. The number of carbonyl (C=O) groups is 1. The van der Waals surface area contributed by atoms with Gasteiger partial charge in [-0.3, -0.25) is 4.79 Å². The molecule has 0 aliphatic carbocycles. The van der Waals surface area contributed by atoms with Crippen LogP contribution in [0.2, 0.25) is 5.02 Å². The Morgan fingerprint density at radius 1 is 1.35 bits per heavy atom. The number of furan rings is 1. The minimum Gasteiger partial charge on any atom is -0.451 e. The van der Waals surface area contributed by atoms with E-state index in [1.165, 1.54) is 0 Å². The lowest BCUT2D eigenvalue weighted by Gasteiger charge is -2.03. The molecule has 4 nitrogen and oxygen atoms in total. The Hall–Kier alpha value is -1.23. The molecule has 0 fully saturated rings. The van der Waals surface area contributed by atoms with Gasteiger partial charge in [0.2, 0.25) is 0 Å². The molecule has 0 aliphatic rings. The normalized spacial score (nSPS) is 10.3. The van der Waals surface area contributed by atoms with E-state index in [1.807, 2.05) is 20.0 Å². The van der Waals surface area contributed by atoms with Crippen LogP contribution in [-0.2, 0) is 0 Å². The van der Waals surface area contributed by atoms with E-state index in [1.54, 1.807) is 12.1 Å². The molecule has 110 valence electrons. The molecule has 1 aromatic heterocycles. The molecule has 1 aromatic carbocycles. The summed E-state index contributed by atoms with van der Waals surface area (Å²) in [6.07, 6.45) is 0.882. The van der Waals surface area contributed by atoms with E-state index >= 15 is 0 Å². The fourth-order valence-electron chi connectivity index (χ4n) is 1.96. The van der Waals surface area contributed by atoms with Crippen molar-refractivity contribution < 1.29 is 9.21 Å². The van der Waals surface area contributed by atoms with Gasteiger partial charge >= 0.3 is 0 Å². The monoisotopic (exact) mass is 316 g/mol. The number of halogens is 2. The highest BCUT2D eigenvalue weighted by molar-refractivity contribution is 6.31. The van der Waals surface area contributed by atoms with Crippen LogP contribution in [0.4, 0.5) is 0 Å². The fraction of sp³-hybridized carbons (Fsp3) is 0.357. The van der Waals surface area contributed by atoms with Crippen LogP contribution in [0.3, 0.4) is 0 Å². The van der Waals surface area contributed by atoms with Crippen molar-refractivity contribution in [3.63, 3.8) is 0 Å². The van der Waals surface area contributed by atoms with Gasteiger partial charge in [-0.25, -0.2) is 0 Å². The molecule has 0 unspecified atom stereocenters. The summed E-state index contributed by atoms with van der Waals surface area (Å²) < 4.78 is 5.59. The predicted molar refractivity (Wildman–Crippen MR) is 84.1 cm³/mol. The lowest BCUT2D eigenvalue weighted by Crippen LogP contribution is -2.26. The van der Waals surface area contributed by atoms with Crippen molar-refractivity contribution in [2.75, 3.05) is 20.1 Å². The van der Waals surface area contributed by atoms with E-state index in [9.17, 15) is 4.79 Å². The summed E-state index contributed by atoms with van der Waals surface area (Å²) in [5.74, 6) is 0.183. The number of rotatable bonds is 5. The van der Waals surface area contributed by atoms with Crippen LogP contribution < -0.4 is 10.6 Å². The molecular formula is C14H18Cl2N2O2. The Morgan fingerprint density at radius 2 is 2.10 bits per heavy atom. The molecule has 0 bridgehead atoms. The molecule has 2 N–H and O–H groups in total. The van der Waals surface area contributed by atoms with Gasteiger partial charge in [-0.1, -0.05) is 11.6 Å². The van der Waals surface area contributed by atoms with Crippen LogP contribution in [-0.4, -0.2) is 26.0 Å². The van der Waals surface area contributed by atoms with Crippen molar-refractivity contribution in [3.8, 4) is 0 Å². The van der Waals surface area contributed by atoms with Gasteiger partial charge in [0.15, 0.2) is 5.76 Å². The quantitative estimate of drug-likeness (QED) is 0.833. The number of hydrogen-bond donors (Lipinski definition) is 2. The Kier molecular flexibility index (Phi) is 6.33. The van der Waals surface area contributed by atoms with E-state index in [4.69, 9.17) is 16.0 Å². The molecule has 0 saturated carbocycles. The van der Waals surface area contributed by atoms with Gasteiger partial charge in [-0.2, -0.15) is 0 Å². The van der Waals surface area contributed by atoms with E-state index < -0.39 is 0 Å². The van der Waals surface area contributed by atoms with Crippen molar-refractivity contribution in [2.45, 2.75) is 13.3 Å². The zero-order chi connectivity index (χ0) is 13.8. The third kappa shape index (κ3) is 3.66. The lowest BCUT2D eigenvalue weighted by molar-refractivity contribution is 0.0927. The summed E-state index contributed by atoms with van der Waals surface area (Å²) in [6.45, 7) is 3.36. The van der Waals surface area contributed by atoms with Crippen molar-refractivity contribution in [2.24, 2.45) is 0 Å². The molecule has 1 heterocycles. The van der Waals surface area contributed by atoms with Gasteiger partial charge < -0.3 is 15.1 Å². The maximum Gasteiger partial charge on any atom is 0.287 e. The summed E-state index contributed by atoms with van der Waals surface area (Å²) in [7, 11) is 1.88. The minimum atomic E-state index is -0.180. The van der Waals surface area contributed by atoms with Crippen molar-refractivity contribution >= 4 is 40.9 Å². The number of nitrogens with one attached hydrogen (secondary N) is 2. The van der Waals surface area contributed by atoms with Crippen LogP contribution in [0.15, 0.2) is 22.6 Å². The van der Waals surface area contributed by atoms with Crippen molar-refractivity contribution in [3.05, 3.63) is 34.5 Å². The van der Waals surface area contributed by atoms with Crippen LogP contribution in [0.1, 0.15) is 22.5 Å². The second-order valence-corrected chi connectivity index (χ2v) is 4.85. The number of aryl methyl sites for hydroxylation is 1. The fourth-order valence-corrected chi connectivity index (χ4v) is 2.13. The van der Waals surface area contributed by atoms with Crippen molar-refractivity contribution in [1.29, 1.82) is 0 Å². The third-order valence-electron chi connectivity index (χ3n) is 2.99. The van der Waals surface area contributed by atoms with Gasteiger partial charge in [-0.05, 0) is 45.1 Å². The van der Waals surface area contributed by atoms with E-state index in [2.05, 4.69) is 10.6 Å². The molecule has 0 spiro atoms. The smallest absolute Gasteiger partial charge is 0.287 e. The van der Waals surface area contributed by atoms with E-state index in [0.29, 0.717) is 22.9 Å². The number of carbonyl (C=O) groups excluding carboxylic acids is 1. The van der Waals surface area contributed by atoms with E-state index in [0.717, 1.165) is 23.9 Å². The highest BCUT2D eigenvalue weighted by atomic mass is 35.5. The first-order chi connectivity index (χ1) is 9.13. The molecular weight excluding hydrogens is 299 g/mol. The van der Waals surface area contributed by atoms with Gasteiger partial charge in [0.05, 0.1) is 0 Å². The molecule has 0 radical (unpaired) electrons. The summed E-state index contributed by atoms with van der Waals surface area (Å²) in [5, 5.41) is 7.39. The van der Waals surface area contributed by atoms with Crippen LogP contribution in [0.25, 0.3) is 11.0 Å². The molecule has 1 amide bonds. The summed E-state index contributed by atoms with van der Waals surface area (Å²) >= 11 is 5.95. The number of hydrogen-bond acceptors (Lipinski definition) is 3. The Labute approximate surface area is 129 Å². The number of benzene rings is 1. The van der Waals surface area contributed by atoms with Gasteiger partial charge in [0.1, 0.15) is 5.58 Å². The third-order valence-corrected chi connectivity index (χ3v) is 3.23. The SMILES string of the molecule is CNCCCNC(=O)c1oc2ccc(Cl)cc2c1C.Cl. The Balaban J connectivity index is 0.00000200. The zero-order valence-electron chi connectivity index (χ0n) is 11.5. The van der Waals surface area contributed by atoms with Gasteiger partial charge in [-0.15, -0.1) is 12.4 Å². The van der Waals surface area contributed by atoms with Gasteiger partial charge in [0, 0.05) is 22.5 Å². The first-order valence-corrected chi connectivity index (χ1v) is 6.62. The Bertz CT molecular complexity index is 596. The summed E-state index contributed by atoms with van der Waals surface area (Å²) in [5.41, 5.74) is 1.51. The van der Waals surface area contributed by atoms with Crippen LogP contribution >= 0.6 is 24.0 Å². The topological polar surface area (TPSA) is 54.3 Å². The molecule has 2 aromatic rings. The molecule has 0 saturated heterocycles. The van der Waals surface area contributed by atoms with Crippen LogP contribution in [0, 0.1) is 6.92 Å². The standard InChI is InChI=1S/C14H17ClN2O2.ClH/c1-9-11-8-10(15)4-5-12(11)19-13(9)14(18)17-7-3-6-16-2;/h4-5,8,16H,3,6-7H2,1-2H3,(H,17,18);1H. The summed E-state index contributed by atoms with van der Waals surface area (Å²) in [6, 6.07) is 5.34. The highest BCUT2D eigenvalue weighted by Crippen LogP contribution is 2.27. The van der Waals surface area contributed by atoms with Crippen molar-refractivity contribution in [1.82, 2.24) is 10.6 Å². The predicted octanol–water partition coefficient (Wildman–Crippen LogP) is 3.16. The average molecular weight is 317 g/mol. The van der Waals surface area contributed by atoms with Gasteiger partial charge in [0.25, 0.3) is 5.91 Å². The second-order valence-electron chi connectivity index (χ2n) is 4.41. The lowest BCUT2D eigenvalue weighted by atomic mass is 10.1. The molecule has 6 heteroatoms. The minimum absolute atomic E-state index is 0. The van der Waals surface area contributed by atoms with Crippen LogP contribution in [0.5, 0.6) is 0 Å². The first-order valence-electron chi connectivity index (χ1n) is 6.25. The molecule has 0 atom stereocenters. The summed E-state index contributed by atoms with van der Waals surface area (Å²) in [4.78, 5) is 12.0.